The highest BCUT2D eigenvalue weighted by Crippen LogP contribution is 2.50. The number of likely N-dealkylation sites (tertiary alicyclic amines) is 2. The standard InChI is InChI=1S/C39H56F2N8O5.2C2HF3O2/c1-26(2)20-31(47-35(52)32(22-28-14-8-5-9-15-28)46-33(50)29(43)21-27-12-6-4-7-13-27)34(51)45-30(16-10-11-18-42)36(53)49-23-38(24-49)17-19-48(37(54)44-3)25-39(38,40)41;2*3-2(4,5)1(6)7/h4-9,12-15,26,29-32H,10-11,16-25,42-43H2,1-3H3,(H,44,54)(H,45,51)(H,46,50)(H,47,52);2*(H,6,7). The van der Waals surface area contributed by atoms with Gasteiger partial charge in [0.25, 0.3) is 5.92 Å². The Morgan fingerprint density at radius 3 is 1.59 bits per heavy atom. The van der Waals surface area contributed by atoms with Gasteiger partial charge in [-0.15, -0.1) is 0 Å². The van der Waals surface area contributed by atoms with E-state index in [1.54, 1.807) is 0 Å². The largest absolute Gasteiger partial charge is 0.490 e. The van der Waals surface area contributed by atoms with Crippen molar-refractivity contribution in [1.29, 1.82) is 0 Å². The molecule has 2 saturated heterocycles. The van der Waals surface area contributed by atoms with Gasteiger partial charge in [0.2, 0.25) is 23.6 Å². The highest BCUT2D eigenvalue weighted by molar-refractivity contribution is 5.95. The Labute approximate surface area is 386 Å². The lowest BCUT2D eigenvalue weighted by Gasteiger charge is -2.57. The molecule has 17 nitrogen and oxygen atoms in total. The van der Waals surface area contributed by atoms with E-state index in [0.29, 0.717) is 19.4 Å². The molecule has 2 heterocycles. The summed E-state index contributed by atoms with van der Waals surface area (Å²) in [5.41, 5.74) is 12.1. The first-order chi connectivity index (χ1) is 31.6. The molecular weight excluding hydrogens is 925 g/mol. The van der Waals surface area contributed by atoms with Crippen molar-refractivity contribution in [1.82, 2.24) is 31.1 Å². The Morgan fingerprint density at radius 2 is 1.15 bits per heavy atom. The van der Waals surface area contributed by atoms with Gasteiger partial charge in [-0.1, -0.05) is 74.5 Å². The van der Waals surface area contributed by atoms with Crippen LogP contribution in [-0.4, -0.2) is 144 Å². The van der Waals surface area contributed by atoms with E-state index in [-0.39, 0.29) is 57.7 Å². The average molecular weight is 983 g/mol. The van der Waals surface area contributed by atoms with Crippen LogP contribution in [0.3, 0.4) is 0 Å². The quantitative estimate of drug-likeness (QED) is 0.0843. The molecule has 2 fully saturated rings. The van der Waals surface area contributed by atoms with Gasteiger partial charge >= 0.3 is 30.3 Å². The average Bonchev–Trinajstić information content (AvgIpc) is 3.24. The minimum Gasteiger partial charge on any atom is -0.475 e. The second-order valence-corrected chi connectivity index (χ2v) is 16.6. The van der Waals surface area contributed by atoms with Crippen LogP contribution in [0.5, 0.6) is 0 Å². The SMILES string of the molecule is CNC(=O)N1CCC2(CN(C(=O)C(CCCCN)NC(=O)C(CC(C)C)NC(=O)C(Cc3ccccc3)NC(=O)C(N)Cc3ccccc3)C2)C(F)(F)C1.O=C(O)C(F)(F)F.O=C(O)C(F)(F)F. The molecule has 1 spiro atoms. The lowest BCUT2D eigenvalue weighted by atomic mass is 9.69. The van der Waals surface area contributed by atoms with Gasteiger partial charge in [0, 0.05) is 33.1 Å². The highest BCUT2D eigenvalue weighted by atomic mass is 19.4. The number of amides is 6. The second kappa shape index (κ2) is 25.9. The second-order valence-electron chi connectivity index (χ2n) is 16.6. The molecule has 2 aromatic carbocycles. The number of nitrogens with zero attached hydrogens (tertiary/aromatic N) is 2. The molecule has 0 radical (unpaired) electrons. The number of benzene rings is 2. The maximum absolute atomic E-state index is 15.4. The number of alkyl halides is 8. The summed E-state index contributed by atoms with van der Waals surface area (Å²) in [5, 5.41) is 25.0. The summed E-state index contributed by atoms with van der Waals surface area (Å²) in [6, 6.07) is 13.7. The molecule has 380 valence electrons. The van der Waals surface area contributed by atoms with E-state index in [1.165, 1.54) is 11.9 Å². The van der Waals surface area contributed by atoms with Crippen LogP contribution in [0.15, 0.2) is 60.7 Å². The van der Waals surface area contributed by atoms with E-state index in [4.69, 9.17) is 31.3 Å². The molecule has 0 aromatic heterocycles. The Balaban J connectivity index is 0.000000982. The normalized spacial score (nSPS) is 16.7. The number of carboxylic acids is 2. The van der Waals surface area contributed by atoms with Crippen LogP contribution in [0.1, 0.15) is 57.1 Å². The first-order valence-electron chi connectivity index (χ1n) is 21.3. The molecule has 4 unspecified atom stereocenters. The Hall–Kier alpha value is -6.11. The molecule has 0 saturated carbocycles. The van der Waals surface area contributed by atoms with Crippen molar-refractivity contribution >= 4 is 41.6 Å². The first-order valence-corrected chi connectivity index (χ1v) is 21.3. The van der Waals surface area contributed by atoms with Gasteiger partial charge in [-0.2, -0.15) is 26.3 Å². The van der Waals surface area contributed by atoms with Gasteiger partial charge in [0.05, 0.1) is 18.0 Å². The van der Waals surface area contributed by atoms with Crippen molar-refractivity contribution in [2.45, 2.75) is 101 Å². The smallest absolute Gasteiger partial charge is 0.475 e. The van der Waals surface area contributed by atoms with Crippen LogP contribution >= 0.6 is 0 Å². The molecule has 10 N–H and O–H groups in total. The van der Waals surface area contributed by atoms with Gasteiger partial charge in [-0.3, -0.25) is 19.2 Å². The van der Waals surface area contributed by atoms with Crippen molar-refractivity contribution in [3.05, 3.63) is 71.8 Å². The Morgan fingerprint density at radius 1 is 0.691 bits per heavy atom. The molecule has 2 aliphatic rings. The van der Waals surface area contributed by atoms with Crippen LogP contribution in [0, 0.1) is 11.3 Å². The maximum atomic E-state index is 15.4. The third kappa shape index (κ3) is 18.2. The number of nitrogens with one attached hydrogen (secondary N) is 4. The van der Waals surface area contributed by atoms with E-state index in [1.807, 2.05) is 74.5 Å². The number of nitrogens with two attached hydrogens (primary N) is 2. The number of piperidine rings is 1. The van der Waals surface area contributed by atoms with E-state index in [0.717, 1.165) is 16.0 Å². The highest BCUT2D eigenvalue weighted by Gasteiger charge is 2.64. The lowest BCUT2D eigenvalue weighted by Crippen LogP contribution is -2.73. The Bertz CT molecular complexity index is 1970. The first kappa shape index (κ1) is 58.0. The van der Waals surface area contributed by atoms with Gasteiger partial charge in [0.1, 0.15) is 18.1 Å². The van der Waals surface area contributed by atoms with Crippen LogP contribution in [-0.2, 0) is 41.6 Å². The predicted molar refractivity (Wildman–Crippen MR) is 228 cm³/mol. The summed E-state index contributed by atoms with van der Waals surface area (Å²) in [5.74, 6) is -11.0. The third-order valence-electron chi connectivity index (χ3n) is 10.8. The van der Waals surface area contributed by atoms with E-state index in [2.05, 4.69) is 21.3 Å². The molecule has 0 aliphatic carbocycles. The van der Waals surface area contributed by atoms with Gasteiger partial charge < -0.3 is 52.7 Å². The van der Waals surface area contributed by atoms with Crippen LogP contribution in [0.25, 0.3) is 0 Å². The van der Waals surface area contributed by atoms with Crippen molar-refractivity contribution < 1.29 is 78.9 Å². The number of carboxylic acid groups (broad SMARTS) is 2. The number of hydrogen-bond acceptors (Lipinski definition) is 9. The van der Waals surface area contributed by atoms with Gasteiger partial charge in [-0.25, -0.2) is 23.2 Å². The number of rotatable bonds is 17. The fourth-order valence-electron chi connectivity index (χ4n) is 7.10. The van der Waals surface area contributed by atoms with Crippen molar-refractivity contribution in [2.24, 2.45) is 22.8 Å². The van der Waals surface area contributed by atoms with E-state index in [9.17, 15) is 50.3 Å². The molecule has 6 amide bonds. The molecule has 68 heavy (non-hydrogen) atoms. The summed E-state index contributed by atoms with van der Waals surface area (Å²) < 4.78 is 94.3. The number of aliphatic carboxylic acids is 2. The lowest BCUT2D eigenvalue weighted by molar-refractivity contribution is -0.219. The zero-order valence-electron chi connectivity index (χ0n) is 37.5. The minimum absolute atomic E-state index is 0.0295. The maximum Gasteiger partial charge on any atom is 0.490 e. The summed E-state index contributed by atoms with van der Waals surface area (Å²) >= 11 is 0. The molecule has 2 aromatic rings. The number of carbonyl (C=O) groups is 7. The number of carbonyl (C=O) groups excluding carboxylic acids is 5. The number of hydrogen-bond donors (Lipinski definition) is 8. The van der Waals surface area contributed by atoms with Crippen molar-refractivity contribution in [3.63, 3.8) is 0 Å². The summed E-state index contributed by atoms with van der Waals surface area (Å²) in [7, 11) is 1.38. The third-order valence-corrected chi connectivity index (χ3v) is 10.8. The van der Waals surface area contributed by atoms with Crippen LogP contribution in [0.4, 0.5) is 39.9 Å². The summed E-state index contributed by atoms with van der Waals surface area (Å²) in [6.45, 7) is 3.12. The zero-order valence-corrected chi connectivity index (χ0v) is 37.5. The minimum atomic E-state index is -5.08. The fourth-order valence-corrected chi connectivity index (χ4v) is 7.10. The molecule has 25 heteroatoms. The molecule has 0 bridgehead atoms. The molecule has 2 aliphatic heterocycles. The molecular formula is C43H58F8N8O9. The molecule has 4 atom stereocenters. The molecule has 4 rings (SSSR count). The number of unbranched alkanes of at least 4 members (excludes halogenated alkanes) is 1. The fraction of sp³-hybridized carbons (Fsp3) is 0.558. The number of urea groups is 1. The summed E-state index contributed by atoms with van der Waals surface area (Å²) in [4.78, 5) is 87.2. The van der Waals surface area contributed by atoms with Crippen molar-refractivity contribution in [3.8, 4) is 0 Å². The van der Waals surface area contributed by atoms with Crippen molar-refractivity contribution in [2.75, 3.05) is 39.8 Å². The predicted octanol–water partition coefficient (Wildman–Crippen LogP) is 3.20. The van der Waals surface area contributed by atoms with E-state index >= 15 is 8.78 Å². The van der Waals surface area contributed by atoms with Gasteiger partial charge in [-0.05, 0) is 62.1 Å². The Kier molecular flexibility index (Phi) is 22.1. The monoisotopic (exact) mass is 982 g/mol. The number of halogens is 8. The van der Waals surface area contributed by atoms with E-state index < -0.39 is 96.0 Å². The van der Waals surface area contributed by atoms with Crippen LogP contribution in [0.2, 0.25) is 0 Å². The van der Waals surface area contributed by atoms with Gasteiger partial charge in [0.15, 0.2) is 0 Å². The van der Waals surface area contributed by atoms with Crippen LogP contribution < -0.4 is 32.7 Å². The zero-order chi connectivity index (χ0) is 51.6. The summed E-state index contributed by atoms with van der Waals surface area (Å²) in [6.07, 6.45) is -8.22. The topological polar surface area (TPSA) is 267 Å².